The van der Waals surface area contributed by atoms with Crippen LogP contribution in [0.4, 0.5) is 5.69 Å². The first-order valence-corrected chi connectivity index (χ1v) is 12.2. The van der Waals surface area contributed by atoms with Crippen molar-refractivity contribution in [1.29, 1.82) is 5.26 Å². The minimum absolute atomic E-state index is 0.0531. The number of aromatic nitrogens is 3. The van der Waals surface area contributed by atoms with Gasteiger partial charge in [0.2, 0.25) is 0 Å². The van der Waals surface area contributed by atoms with Crippen molar-refractivity contribution in [2.75, 3.05) is 24.6 Å². The molecular weight excluding hydrogens is 428 g/mol. The molecule has 0 saturated carbocycles. The average Bonchev–Trinajstić information content (AvgIpc) is 3.29. The molecule has 4 heterocycles. The van der Waals surface area contributed by atoms with Gasteiger partial charge in [0.1, 0.15) is 17.8 Å². The molecule has 34 heavy (non-hydrogen) atoms. The van der Waals surface area contributed by atoms with Crippen LogP contribution in [0.5, 0.6) is 5.75 Å². The van der Waals surface area contributed by atoms with E-state index in [1.165, 1.54) is 5.56 Å². The summed E-state index contributed by atoms with van der Waals surface area (Å²) in [7, 11) is 1.76. The van der Waals surface area contributed by atoms with E-state index in [9.17, 15) is 4.79 Å². The molecule has 1 aromatic carbocycles. The van der Waals surface area contributed by atoms with E-state index < -0.39 is 0 Å². The second kappa shape index (κ2) is 9.15. The minimum Gasteiger partial charge on any atom is -0.493 e. The molecule has 0 bridgehead atoms. The Kier molecular flexibility index (Phi) is 6.05. The minimum atomic E-state index is -0.0531. The third kappa shape index (κ3) is 3.74. The molecule has 178 valence electrons. The molecule has 0 radical (unpaired) electrons. The van der Waals surface area contributed by atoms with Crippen molar-refractivity contribution >= 4 is 16.7 Å². The number of nitrogens with zero attached hydrogens (tertiary/aromatic N) is 6. The van der Waals surface area contributed by atoms with Gasteiger partial charge < -0.3 is 14.2 Å². The molecular formula is C26H32N6O2. The standard InChI is InChI=1S/C26H32N6O2/c1-4-18-16-32(22-14-25(33)29(3)23-17-30(12-11-27)28-26(22)23)19(5-2)15-31(18)21-10-13-34-24-9-7-6-8-20(21)24/h6-9,14,17-19,21H,4-5,10,12-13,15-16H2,1-3H3/t18-,19+,21+/m1/s1. The summed E-state index contributed by atoms with van der Waals surface area (Å²) in [6.45, 7) is 7.11. The predicted octanol–water partition coefficient (Wildman–Crippen LogP) is 3.46. The monoisotopic (exact) mass is 460 g/mol. The van der Waals surface area contributed by atoms with E-state index >= 15 is 0 Å². The number of rotatable bonds is 5. The fraction of sp³-hybridized carbons (Fsp3) is 0.500. The number of nitriles is 1. The van der Waals surface area contributed by atoms with Crippen molar-refractivity contribution in [3.8, 4) is 11.8 Å². The Morgan fingerprint density at radius 1 is 1.18 bits per heavy atom. The second-order valence-corrected chi connectivity index (χ2v) is 9.31. The molecule has 3 atom stereocenters. The number of ether oxygens (including phenoxy) is 1. The van der Waals surface area contributed by atoms with Crippen LogP contribution >= 0.6 is 0 Å². The summed E-state index contributed by atoms with van der Waals surface area (Å²) < 4.78 is 9.19. The molecule has 0 N–H and O–H groups in total. The highest BCUT2D eigenvalue weighted by atomic mass is 16.5. The van der Waals surface area contributed by atoms with Crippen LogP contribution in [-0.4, -0.2) is 51.0 Å². The van der Waals surface area contributed by atoms with E-state index in [-0.39, 0.29) is 18.1 Å². The van der Waals surface area contributed by atoms with E-state index in [1.807, 2.05) is 6.07 Å². The Balaban J connectivity index is 1.54. The van der Waals surface area contributed by atoms with E-state index in [1.54, 1.807) is 28.6 Å². The third-order valence-corrected chi connectivity index (χ3v) is 7.49. The fourth-order valence-electron chi connectivity index (χ4n) is 5.64. The molecule has 0 unspecified atom stereocenters. The molecule has 2 aromatic heterocycles. The lowest BCUT2D eigenvalue weighted by atomic mass is 9.93. The van der Waals surface area contributed by atoms with Gasteiger partial charge >= 0.3 is 0 Å². The van der Waals surface area contributed by atoms with Crippen molar-refractivity contribution in [2.45, 2.75) is 57.8 Å². The summed E-state index contributed by atoms with van der Waals surface area (Å²) >= 11 is 0. The molecule has 1 saturated heterocycles. The molecule has 2 aliphatic rings. The van der Waals surface area contributed by atoms with Gasteiger partial charge in [-0.25, -0.2) is 0 Å². The molecule has 0 spiro atoms. The van der Waals surface area contributed by atoms with E-state index in [4.69, 9.17) is 15.1 Å². The van der Waals surface area contributed by atoms with Crippen molar-refractivity contribution in [2.24, 2.45) is 7.05 Å². The van der Waals surface area contributed by atoms with Gasteiger partial charge in [-0.05, 0) is 18.9 Å². The van der Waals surface area contributed by atoms with Crippen LogP contribution in [0.1, 0.15) is 44.7 Å². The van der Waals surface area contributed by atoms with Crippen LogP contribution in [0.25, 0.3) is 11.0 Å². The second-order valence-electron chi connectivity index (χ2n) is 9.31. The highest BCUT2D eigenvalue weighted by Crippen LogP contribution is 2.40. The topological polar surface area (TPSA) is 79.3 Å². The maximum absolute atomic E-state index is 12.9. The summed E-state index contributed by atoms with van der Waals surface area (Å²) in [6.07, 6.45) is 4.77. The summed E-state index contributed by atoms with van der Waals surface area (Å²) in [5.41, 5.74) is 3.66. The number of fused-ring (bicyclic) bond motifs is 2. The number of pyridine rings is 1. The number of benzene rings is 1. The lowest BCUT2D eigenvalue weighted by molar-refractivity contribution is 0.0667. The Hall–Kier alpha value is -3.31. The van der Waals surface area contributed by atoms with Crippen LogP contribution in [0.15, 0.2) is 41.3 Å². The number of anilines is 1. The first-order valence-electron chi connectivity index (χ1n) is 12.2. The van der Waals surface area contributed by atoms with Gasteiger partial charge in [-0.2, -0.15) is 10.4 Å². The number of para-hydroxylation sites is 1. The van der Waals surface area contributed by atoms with Gasteiger partial charge in [0.05, 0.1) is 30.1 Å². The third-order valence-electron chi connectivity index (χ3n) is 7.49. The SMILES string of the molecule is CC[C@H]1CN([C@H]2CCOc3ccccc32)[C@H](CC)CN1c1cc(=O)n(C)c2cn(CC#N)nc12. The summed E-state index contributed by atoms with van der Waals surface area (Å²) in [4.78, 5) is 17.9. The molecule has 0 aliphatic carbocycles. The van der Waals surface area contributed by atoms with Gasteiger partial charge in [-0.1, -0.05) is 32.0 Å². The van der Waals surface area contributed by atoms with Crippen molar-refractivity contribution in [1.82, 2.24) is 19.2 Å². The molecule has 0 amide bonds. The largest absolute Gasteiger partial charge is 0.493 e. The van der Waals surface area contributed by atoms with Crippen LogP contribution < -0.4 is 15.2 Å². The maximum atomic E-state index is 12.9. The Morgan fingerprint density at radius 2 is 1.97 bits per heavy atom. The fourth-order valence-corrected chi connectivity index (χ4v) is 5.64. The lowest BCUT2D eigenvalue weighted by Crippen LogP contribution is -2.59. The average molecular weight is 461 g/mol. The highest BCUT2D eigenvalue weighted by molar-refractivity contribution is 5.88. The smallest absolute Gasteiger partial charge is 0.252 e. The zero-order valence-corrected chi connectivity index (χ0v) is 20.1. The molecule has 1 fully saturated rings. The molecule has 2 aliphatic heterocycles. The van der Waals surface area contributed by atoms with E-state index in [0.717, 1.165) is 61.4 Å². The van der Waals surface area contributed by atoms with Crippen LogP contribution in [0.2, 0.25) is 0 Å². The van der Waals surface area contributed by atoms with E-state index in [2.05, 4.69) is 47.9 Å². The maximum Gasteiger partial charge on any atom is 0.252 e. The Morgan fingerprint density at radius 3 is 2.74 bits per heavy atom. The summed E-state index contributed by atoms with van der Waals surface area (Å²) in [5.74, 6) is 1.00. The Labute approximate surface area is 199 Å². The van der Waals surface area contributed by atoms with Gasteiger partial charge in [0, 0.05) is 56.3 Å². The molecule has 5 rings (SSSR count). The van der Waals surface area contributed by atoms with Gasteiger partial charge in [0.15, 0.2) is 0 Å². The summed E-state index contributed by atoms with van der Waals surface area (Å²) in [6, 6.07) is 13.2. The zero-order valence-electron chi connectivity index (χ0n) is 20.1. The van der Waals surface area contributed by atoms with Gasteiger partial charge in [-0.15, -0.1) is 0 Å². The zero-order chi connectivity index (χ0) is 23.8. The number of hydrogen-bond acceptors (Lipinski definition) is 6. The van der Waals surface area contributed by atoms with Crippen LogP contribution in [0, 0.1) is 11.3 Å². The highest BCUT2D eigenvalue weighted by Gasteiger charge is 2.39. The first kappa shape index (κ1) is 22.5. The van der Waals surface area contributed by atoms with Crippen molar-refractivity contribution in [3.05, 3.63) is 52.4 Å². The van der Waals surface area contributed by atoms with Crippen LogP contribution in [0.3, 0.4) is 0 Å². The van der Waals surface area contributed by atoms with Crippen molar-refractivity contribution in [3.63, 3.8) is 0 Å². The van der Waals surface area contributed by atoms with Crippen LogP contribution in [-0.2, 0) is 13.6 Å². The van der Waals surface area contributed by atoms with Gasteiger partial charge in [0.25, 0.3) is 5.56 Å². The molecule has 8 nitrogen and oxygen atoms in total. The number of hydrogen-bond donors (Lipinski definition) is 0. The van der Waals surface area contributed by atoms with Gasteiger partial charge in [-0.3, -0.25) is 14.4 Å². The lowest BCUT2D eigenvalue weighted by Gasteiger charge is -2.51. The first-order chi connectivity index (χ1) is 16.5. The normalized spacial score (nSPS) is 22.9. The quantitative estimate of drug-likeness (QED) is 0.580. The van der Waals surface area contributed by atoms with Crippen molar-refractivity contribution < 1.29 is 4.74 Å². The number of piperazine rings is 1. The Bertz CT molecular complexity index is 1290. The summed E-state index contributed by atoms with van der Waals surface area (Å²) in [5, 5.41) is 13.9. The molecule has 3 aromatic rings. The molecule has 8 heteroatoms. The van der Waals surface area contributed by atoms with E-state index in [0.29, 0.717) is 12.1 Å². The number of aryl methyl sites for hydroxylation is 1. The predicted molar refractivity (Wildman–Crippen MR) is 132 cm³/mol.